The van der Waals surface area contributed by atoms with Crippen LogP contribution in [0.1, 0.15) is 59.4 Å². The second kappa shape index (κ2) is 7.62. The molecule has 3 aliphatic heterocycles. The number of nitrogens with zero attached hydrogens (tertiary/aromatic N) is 5. The molecule has 0 spiro atoms. The first-order chi connectivity index (χ1) is 13.0. The van der Waals surface area contributed by atoms with E-state index in [-0.39, 0.29) is 11.8 Å². The fraction of sp³-hybridized carbons (Fsp3) is 0.750. The Labute approximate surface area is 161 Å². The highest BCUT2D eigenvalue weighted by atomic mass is 16.2. The van der Waals surface area contributed by atoms with Gasteiger partial charge in [0.1, 0.15) is 5.69 Å². The highest BCUT2D eigenvalue weighted by molar-refractivity contribution is 5.97. The second-order valence-corrected chi connectivity index (χ2v) is 8.41. The predicted molar refractivity (Wildman–Crippen MR) is 103 cm³/mol. The van der Waals surface area contributed by atoms with Gasteiger partial charge in [-0.3, -0.25) is 9.59 Å². The van der Waals surface area contributed by atoms with Crippen molar-refractivity contribution in [2.24, 2.45) is 5.92 Å². The molecule has 0 saturated carbocycles. The summed E-state index contributed by atoms with van der Waals surface area (Å²) in [6.07, 6.45) is 5.04. The second-order valence-electron chi connectivity index (χ2n) is 8.41. The van der Waals surface area contributed by atoms with Crippen molar-refractivity contribution in [3.63, 3.8) is 0 Å². The topological polar surface area (TPSA) is 61.7 Å². The van der Waals surface area contributed by atoms with Crippen LogP contribution in [0.25, 0.3) is 0 Å². The minimum atomic E-state index is 0.0000615. The Balaban J connectivity index is 1.60. The van der Waals surface area contributed by atoms with Crippen molar-refractivity contribution >= 4 is 11.8 Å². The van der Waals surface area contributed by atoms with Crippen LogP contribution in [-0.2, 0) is 13.0 Å². The number of piperazine rings is 1. The van der Waals surface area contributed by atoms with E-state index in [9.17, 15) is 9.59 Å². The molecule has 0 atom stereocenters. The van der Waals surface area contributed by atoms with Crippen LogP contribution in [0.4, 0.5) is 0 Å². The first-order valence-corrected chi connectivity index (χ1v) is 10.4. The van der Waals surface area contributed by atoms with E-state index in [0.717, 1.165) is 83.6 Å². The van der Waals surface area contributed by atoms with Crippen LogP contribution in [-0.4, -0.2) is 82.4 Å². The summed E-state index contributed by atoms with van der Waals surface area (Å²) >= 11 is 0. The summed E-state index contributed by atoms with van der Waals surface area (Å²) in [4.78, 5) is 37.0. The van der Waals surface area contributed by atoms with Crippen molar-refractivity contribution in [3.8, 4) is 0 Å². The predicted octanol–water partition coefficient (Wildman–Crippen LogP) is 1.48. The number of carbonyl (C=O) groups is 2. The maximum Gasteiger partial charge on any atom is 0.289 e. The van der Waals surface area contributed by atoms with Crippen molar-refractivity contribution in [2.45, 2.75) is 45.6 Å². The standard InChI is InChI=1S/C20H31N5O2/c1-15-6-9-23(10-7-15)20(27)18-21-17(16-5-3-4-8-25(16)18)19(26)24-13-11-22(2)12-14-24/h15H,3-14H2,1-2H3. The number of likely N-dealkylation sites (N-methyl/N-ethyl adjacent to an activating group) is 1. The quantitative estimate of drug-likeness (QED) is 0.788. The summed E-state index contributed by atoms with van der Waals surface area (Å²) < 4.78 is 2.03. The summed E-state index contributed by atoms with van der Waals surface area (Å²) in [7, 11) is 2.08. The van der Waals surface area contributed by atoms with Gasteiger partial charge in [0.05, 0.1) is 5.69 Å². The van der Waals surface area contributed by atoms with Crippen LogP contribution in [0.2, 0.25) is 0 Å². The van der Waals surface area contributed by atoms with E-state index in [1.54, 1.807) is 0 Å². The Bertz CT molecular complexity index is 654. The lowest BCUT2D eigenvalue weighted by Gasteiger charge is -2.32. The summed E-state index contributed by atoms with van der Waals surface area (Å²) in [5, 5.41) is 0. The number of aromatic nitrogens is 2. The highest BCUT2D eigenvalue weighted by Crippen LogP contribution is 2.25. The normalized spacial score (nSPS) is 22.0. The minimum Gasteiger partial charge on any atom is -0.336 e. The molecule has 2 amide bonds. The monoisotopic (exact) mass is 373 g/mol. The summed E-state index contributed by atoms with van der Waals surface area (Å²) in [5.41, 5.74) is 1.49. The molecule has 0 aromatic carbocycles. The van der Waals surface area contributed by atoms with E-state index in [1.165, 1.54) is 0 Å². The smallest absolute Gasteiger partial charge is 0.289 e. The molecule has 7 heteroatoms. The van der Waals surface area contributed by atoms with Gasteiger partial charge in [-0.05, 0) is 45.1 Å². The largest absolute Gasteiger partial charge is 0.336 e. The summed E-state index contributed by atoms with van der Waals surface area (Å²) in [6.45, 7) is 7.87. The van der Waals surface area contributed by atoms with Gasteiger partial charge in [0, 0.05) is 45.8 Å². The maximum absolute atomic E-state index is 13.1. The molecule has 0 N–H and O–H groups in total. The lowest BCUT2D eigenvalue weighted by Crippen LogP contribution is -2.47. The molecule has 3 aliphatic rings. The van der Waals surface area contributed by atoms with Gasteiger partial charge in [-0.1, -0.05) is 6.92 Å². The number of piperidine rings is 1. The lowest BCUT2D eigenvalue weighted by atomic mass is 9.99. The molecule has 0 radical (unpaired) electrons. The van der Waals surface area contributed by atoms with Gasteiger partial charge in [0.2, 0.25) is 0 Å². The average Bonchev–Trinajstić information content (AvgIpc) is 3.08. The van der Waals surface area contributed by atoms with Gasteiger partial charge in [-0.25, -0.2) is 4.98 Å². The van der Waals surface area contributed by atoms with E-state index in [2.05, 4.69) is 23.9 Å². The Morgan fingerprint density at radius 3 is 2.26 bits per heavy atom. The first-order valence-electron chi connectivity index (χ1n) is 10.4. The molecule has 4 rings (SSSR count). The highest BCUT2D eigenvalue weighted by Gasteiger charge is 2.33. The van der Waals surface area contributed by atoms with Crippen LogP contribution in [0.15, 0.2) is 0 Å². The van der Waals surface area contributed by atoms with E-state index in [4.69, 9.17) is 0 Å². The molecule has 0 bridgehead atoms. The SMILES string of the molecule is CC1CCN(C(=O)c2nc(C(=O)N3CCN(C)CC3)c3n2CCCC3)CC1. The number of amides is 2. The third-order valence-corrected chi connectivity index (χ3v) is 6.37. The van der Waals surface area contributed by atoms with Crippen LogP contribution >= 0.6 is 0 Å². The molecular weight excluding hydrogens is 342 g/mol. The van der Waals surface area contributed by atoms with Crippen LogP contribution in [0.3, 0.4) is 0 Å². The number of carbonyl (C=O) groups excluding carboxylic acids is 2. The van der Waals surface area contributed by atoms with E-state index < -0.39 is 0 Å². The fourth-order valence-electron chi connectivity index (χ4n) is 4.39. The third kappa shape index (κ3) is 3.61. The Kier molecular flexibility index (Phi) is 5.21. The molecule has 148 valence electrons. The summed E-state index contributed by atoms with van der Waals surface area (Å²) in [6, 6.07) is 0. The Hall–Kier alpha value is -1.89. The first kappa shape index (κ1) is 18.5. The molecule has 2 fully saturated rings. The van der Waals surface area contributed by atoms with E-state index in [1.807, 2.05) is 14.4 Å². The van der Waals surface area contributed by atoms with Crippen molar-refractivity contribution in [1.82, 2.24) is 24.3 Å². The van der Waals surface area contributed by atoms with Gasteiger partial charge in [-0.15, -0.1) is 0 Å². The molecule has 2 saturated heterocycles. The van der Waals surface area contributed by atoms with Gasteiger partial charge in [0.15, 0.2) is 5.82 Å². The molecule has 7 nitrogen and oxygen atoms in total. The van der Waals surface area contributed by atoms with E-state index in [0.29, 0.717) is 17.4 Å². The summed E-state index contributed by atoms with van der Waals surface area (Å²) in [5.74, 6) is 1.16. The van der Waals surface area contributed by atoms with Gasteiger partial charge < -0.3 is 19.3 Å². The third-order valence-electron chi connectivity index (χ3n) is 6.37. The number of hydrogen-bond donors (Lipinski definition) is 0. The molecule has 1 aromatic rings. The number of fused-ring (bicyclic) bond motifs is 1. The molecular formula is C20H31N5O2. The number of rotatable bonds is 2. The number of hydrogen-bond acceptors (Lipinski definition) is 4. The van der Waals surface area contributed by atoms with Crippen molar-refractivity contribution in [1.29, 1.82) is 0 Å². The molecule has 0 unspecified atom stereocenters. The number of imidazole rings is 1. The van der Waals surface area contributed by atoms with Gasteiger partial charge in [0.25, 0.3) is 11.8 Å². The van der Waals surface area contributed by atoms with Gasteiger partial charge in [-0.2, -0.15) is 0 Å². The zero-order valence-corrected chi connectivity index (χ0v) is 16.6. The molecule has 1 aromatic heterocycles. The zero-order valence-electron chi connectivity index (χ0n) is 16.6. The van der Waals surface area contributed by atoms with Crippen molar-refractivity contribution < 1.29 is 9.59 Å². The lowest BCUT2D eigenvalue weighted by molar-refractivity contribution is 0.0657. The van der Waals surface area contributed by atoms with Crippen molar-refractivity contribution in [2.75, 3.05) is 46.3 Å². The van der Waals surface area contributed by atoms with Gasteiger partial charge >= 0.3 is 0 Å². The molecule has 0 aliphatic carbocycles. The zero-order chi connectivity index (χ0) is 19.0. The Morgan fingerprint density at radius 1 is 0.889 bits per heavy atom. The van der Waals surface area contributed by atoms with Crippen LogP contribution in [0.5, 0.6) is 0 Å². The number of likely N-dealkylation sites (tertiary alicyclic amines) is 1. The average molecular weight is 374 g/mol. The van der Waals surface area contributed by atoms with Crippen molar-refractivity contribution in [3.05, 3.63) is 17.2 Å². The molecule has 4 heterocycles. The molecule has 27 heavy (non-hydrogen) atoms. The van der Waals surface area contributed by atoms with Crippen LogP contribution < -0.4 is 0 Å². The van der Waals surface area contributed by atoms with E-state index >= 15 is 0 Å². The van der Waals surface area contributed by atoms with Crippen LogP contribution in [0, 0.1) is 5.92 Å². The Morgan fingerprint density at radius 2 is 1.56 bits per heavy atom. The fourth-order valence-corrected chi connectivity index (χ4v) is 4.39. The minimum absolute atomic E-state index is 0.0000615. The maximum atomic E-state index is 13.1.